The summed E-state index contributed by atoms with van der Waals surface area (Å²) >= 11 is 1.31. The zero-order chi connectivity index (χ0) is 15.8. The van der Waals surface area contributed by atoms with E-state index in [9.17, 15) is 17.2 Å². The number of alkyl halides is 2. The maximum absolute atomic E-state index is 12.8. The van der Waals surface area contributed by atoms with Crippen LogP contribution in [0.3, 0.4) is 0 Å². The predicted octanol–water partition coefficient (Wildman–Crippen LogP) is 1.64. The van der Waals surface area contributed by atoms with E-state index in [0.717, 1.165) is 16.1 Å². The average molecular weight is 337 g/mol. The first-order valence-corrected chi connectivity index (χ1v) is 8.64. The molecule has 0 aliphatic carbocycles. The van der Waals surface area contributed by atoms with Crippen molar-refractivity contribution >= 4 is 21.2 Å². The Hall–Kier alpha value is -1.49. The average Bonchev–Trinajstić information content (AvgIpc) is 2.95. The molecule has 0 saturated heterocycles. The van der Waals surface area contributed by atoms with Crippen LogP contribution >= 0.6 is 11.3 Å². The van der Waals surface area contributed by atoms with Gasteiger partial charge in [-0.05, 0) is 0 Å². The van der Waals surface area contributed by atoms with Crippen molar-refractivity contribution in [2.24, 2.45) is 0 Å². The van der Waals surface area contributed by atoms with Gasteiger partial charge in [0.25, 0.3) is 6.43 Å². The maximum atomic E-state index is 12.8. The van der Waals surface area contributed by atoms with E-state index in [1.165, 1.54) is 11.3 Å². The Morgan fingerprint density at radius 3 is 2.33 bits per heavy atom. The number of halogens is 2. The molecule has 0 bridgehead atoms. The van der Waals surface area contributed by atoms with Gasteiger partial charge in [0.15, 0.2) is 15.5 Å². The summed E-state index contributed by atoms with van der Waals surface area (Å²) in [7, 11) is -3.87. The van der Waals surface area contributed by atoms with Crippen LogP contribution in [-0.4, -0.2) is 39.9 Å². The van der Waals surface area contributed by atoms with Gasteiger partial charge in [-0.15, -0.1) is 15.3 Å². The van der Waals surface area contributed by atoms with E-state index in [0.29, 0.717) is 5.01 Å². The van der Waals surface area contributed by atoms with E-state index in [1.54, 1.807) is 0 Å². The van der Waals surface area contributed by atoms with Crippen LogP contribution in [0.2, 0.25) is 0 Å². The van der Waals surface area contributed by atoms with Crippen LogP contribution in [0.5, 0.6) is 0 Å². The second-order valence-electron chi connectivity index (χ2n) is 4.68. The summed E-state index contributed by atoms with van der Waals surface area (Å²) in [4.78, 5) is 0.905. The third kappa shape index (κ3) is 3.59. The van der Waals surface area contributed by atoms with E-state index in [-0.39, 0.29) is 12.5 Å². The van der Waals surface area contributed by atoms with E-state index in [4.69, 9.17) is 0 Å². The summed E-state index contributed by atoms with van der Waals surface area (Å²) in [6, 6.07) is 0. The molecule has 2 aromatic heterocycles. The minimum absolute atomic E-state index is 0.000370. The number of nitrogens with zero attached hydrogens (tertiary/aromatic N) is 5. The topological polar surface area (TPSA) is 90.6 Å². The van der Waals surface area contributed by atoms with Gasteiger partial charge in [-0.3, -0.25) is 0 Å². The molecule has 0 radical (unpaired) electrons. The number of aromatic nitrogens is 5. The molecular weight excluding hydrogens is 324 g/mol. The first-order valence-electron chi connectivity index (χ1n) is 5.94. The molecule has 0 N–H and O–H groups in total. The molecule has 0 unspecified atom stereocenters. The molecule has 0 atom stereocenters. The van der Waals surface area contributed by atoms with Crippen LogP contribution in [-0.2, 0) is 16.4 Å². The van der Waals surface area contributed by atoms with Gasteiger partial charge < -0.3 is 0 Å². The van der Waals surface area contributed by atoms with Crippen molar-refractivity contribution < 1.29 is 17.2 Å². The third-order valence-corrected chi connectivity index (χ3v) is 4.66. The number of sulfone groups is 1. The van der Waals surface area contributed by atoms with Gasteiger partial charge in [-0.25, -0.2) is 17.2 Å². The molecule has 116 valence electrons. The Bertz CT molecular complexity index is 738. The highest BCUT2D eigenvalue weighted by Gasteiger charge is 2.27. The Kier molecular flexibility index (Phi) is 4.33. The molecule has 0 aliphatic heterocycles. The molecule has 2 heterocycles. The Morgan fingerprint density at radius 1 is 1.24 bits per heavy atom. The lowest BCUT2D eigenvalue weighted by Gasteiger charge is -1.95. The quantitative estimate of drug-likeness (QED) is 0.824. The minimum atomic E-state index is -3.87. The largest absolute Gasteiger partial charge is 0.285 e. The first-order chi connectivity index (χ1) is 9.68. The molecule has 2 aromatic rings. The lowest BCUT2D eigenvalue weighted by Crippen LogP contribution is -2.05. The van der Waals surface area contributed by atoms with Gasteiger partial charge in [0, 0.05) is 12.2 Å². The molecule has 0 saturated carbocycles. The Balaban J connectivity index is 2.32. The van der Waals surface area contributed by atoms with E-state index in [2.05, 4.69) is 20.4 Å². The van der Waals surface area contributed by atoms with Crippen molar-refractivity contribution in [2.75, 3.05) is 6.26 Å². The van der Waals surface area contributed by atoms with Gasteiger partial charge in [-0.2, -0.15) is 9.90 Å². The van der Waals surface area contributed by atoms with Crippen molar-refractivity contribution in [2.45, 2.75) is 37.8 Å². The van der Waals surface area contributed by atoms with Crippen molar-refractivity contribution in [3.8, 4) is 0 Å². The summed E-state index contributed by atoms with van der Waals surface area (Å²) in [5.41, 5.74) is -0.842. The third-order valence-electron chi connectivity index (χ3n) is 2.46. The Morgan fingerprint density at radius 2 is 1.90 bits per heavy atom. The second kappa shape index (κ2) is 5.72. The number of hydrogen-bond donors (Lipinski definition) is 0. The molecule has 2 rings (SSSR count). The molecule has 21 heavy (non-hydrogen) atoms. The van der Waals surface area contributed by atoms with Gasteiger partial charge in [-0.1, -0.05) is 25.2 Å². The first kappa shape index (κ1) is 15.9. The van der Waals surface area contributed by atoms with Gasteiger partial charge in [0.05, 0.1) is 0 Å². The monoisotopic (exact) mass is 337 g/mol. The lowest BCUT2D eigenvalue weighted by molar-refractivity contribution is 0.141. The summed E-state index contributed by atoms with van der Waals surface area (Å²) in [5.74, 6) is 0.199. The van der Waals surface area contributed by atoms with Crippen LogP contribution in [0.15, 0.2) is 5.03 Å². The van der Waals surface area contributed by atoms with Gasteiger partial charge in [0.1, 0.15) is 16.6 Å². The van der Waals surface area contributed by atoms with Crippen molar-refractivity contribution in [1.29, 1.82) is 0 Å². The molecule has 0 spiro atoms. The molecule has 0 aliphatic rings. The summed E-state index contributed by atoms with van der Waals surface area (Å²) in [6.45, 7) is 3.90. The molecule has 11 heteroatoms. The van der Waals surface area contributed by atoms with Gasteiger partial charge in [0.2, 0.25) is 5.03 Å². The fourth-order valence-electron chi connectivity index (χ4n) is 1.50. The van der Waals surface area contributed by atoms with E-state index < -0.39 is 27.0 Å². The number of rotatable bonds is 5. The van der Waals surface area contributed by atoms with Crippen LogP contribution in [0.1, 0.15) is 41.9 Å². The maximum Gasteiger partial charge on any atom is 0.285 e. The lowest BCUT2D eigenvalue weighted by atomic mass is 10.2. The SMILES string of the molecule is CC(C)c1nnc(Cn2nc(C(F)F)c(S(C)(=O)=O)n2)s1. The van der Waals surface area contributed by atoms with E-state index >= 15 is 0 Å². The predicted molar refractivity (Wildman–Crippen MR) is 71.2 cm³/mol. The smallest absolute Gasteiger partial charge is 0.222 e. The molecular formula is C10H13F2N5O2S2. The molecule has 0 amide bonds. The standard InChI is InChI=1S/C10H13F2N5O2S2/c1-5(2)9-14-13-6(20-9)4-17-15-7(8(11)12)10(16-17)21(3,18)19/h5,8H,4H2,1-3H3. The van der Waals surface area contributed by atoms with Crippen LogP contribution < -0.4 is 0 Å². The fraction of sp³-hybridized carbons (Fsp3) is 0.600. The zero-order valence-electron chi connectivity index (χ0n) is 11.5. The zero-order valence-corrected chi connectivity index (χ0v) is 13.1. The van der Waals surface area contributed by atoms with Crippen molar-refractivity contribution in [3.63, 3.8) is 0 Å². The highest BCUT2D eigenvalue weighted by molar-refractivity contribution is 7.90. The second-order valence-corrected chi connectivity index (χ2v) is 7.71. The summed E-state index contributed by atoms with van der Waals surface area (Å²) in [6.07, 6.45) is -2.20. The molecule has 7 nitrogen and oxygen atoms in total. The normalized spacial score (nSPS) is 12.5. The van der Waals surface area contributed by atoms with Crippen LogP contribution in [0.25, 0.3) is 0 Å². The summed E-state index contributed by atoms with van der Waals surface area (Å²) < 4.78 is 48.5. The highest BCUT2D eigenvalue weighted by atomic mass is 32.2. The molecule has 0 fully saturated rings. The molecule has 0 aromatic carbocycles. The van der Waals surface area contributed by atoms with Crippen LogP contribution in [0, 0.1) is 0 Å². The highest BCUT2D eigenvalue weighted by Crippen LogP contribution is 2.24. The van der Waals surface area contributed by atoms with Crippen molar-refractivity contribution in [1.82, 2.24) is 25.2 Å². The van der Waals surface area contributed by atoms with Crippen molar-refractivity contribution in [3.05, 3.63) is 15.7 Å². The number of hydrogen-bond acceptors (Lipinski definition) is 7. The minimum Gasteiger partial charge on any atom is -0.222 e. The Labute approximate surface area is 123 Å². The summed E-state index contributed by atoms with van der Waals surface area (Å²) in [5, 5.41) is 15.7. The van der Waals surface area contributed by atoms with E-state index in [1.807, 2.05) is 13.8 Å². The fourth-order valence-corrected chi connectivity index (χ4v) is 3.07. The van der Waals surface area contributed by atoms with Crippen LogP contribution in [0.4, 0.5) is 8.78 Å². The van der Waals surface area contributed by atoms with Gasteiger partial charge >= 0.3 is 0 Å².